The van der Waals surface area contributed by atoms with E-state index in [1.807, 2.05) is 35.8 Å². The molecule has 106 valence electrons. The molecule has 1 aromatic carbocycles. The van der Waals surface area contributed by atoms with Crippen molar-refractivity contribution in [2.45, 2.75) is 26.3 Å². The number of benzene rings is 1. The lowest BCUT2D eigenvalue weighted by Crippen LogP contribution is -2.29. The molecule has 1 heterocycles. The van der Waals surface area contributed by atoms with Crippen LogP contribution in [0, 0.1) is 6.92 Å². The van der Waals surface area contributed by atoms with Gasteiger partial charge < -0.3 is 15.0 Å². The summed E-state index contributed by atoms with van der Waals surface area (Å²) < 4.78 is 1.85. The van der Waals surface area contributed by atoms with Gasteiger partial charge in [0.15, 0.2) is 0 Å². The van der Waals surface area contributed by atoms with Crippen LogP contribution in [-0.4, -0.2) is 33.1 Å². The average Bonchev–Trinajstić information content (AvgIpc) is 2.71. The number of fused-ring (bicyclic) bond motifs is 1. The van der Waals surface area contributed by atoms with E-state index in [4.69, 9.17) is 5.11 Å². The Morgan fingerprint density at radius 2 is 2.10 bits per heavy atom. The smallest absolute Gasteiger partial charge is 0.303 e. The third-order valence-corrected chi connectivity index (χ3v) is 3.04. The number of carboxylic acids is 1. The number of hydrogen-bond donors (Lipinski definition) is 2. The number of aryl methyl sites for hydroxylation is 1. The number of nitrogens with zero attached hydrogens (tertiary/aromatic N) is 2. The van der Waals surface area contributed by atoms with Gasteiger partial charge in [-0.25, -0.2) is 4.98 Å². The highest BCUT2D eigenvalue weighted by Crippen LogP contribution is 2.14. The second-order valence-electron chi connectivity index (χ2n) is 4.58. The summed E-state index contributed by atoms with van der Waals surface area (Å²) in [5.41, 5.74) is 1.79. The fourth-order valence-corrected chi connectivity index (χ4v) is 2.06. The van der Waals surface area contributed by atoms with Crippen molar-refractivity contribution in [1.29, 1.82) is 0 Å². The first kappa shape index (κ1) is 14.0. The molecule has 0 aliphatic rings. The molecular formula is C14H17N3O3. The highest BCUT2D eigenvalue weighted by molar-refractivity contribution is 5.81. The summed E-state index contributed by atoms with van der Waals surface area (Å²) in [5.74, 6) is -0.204. The average molecular weight is 275 g/mol. The van der Waals surface area contributed by atoms with Gasteiger partial charge in [-0.1, -0.05) is 12.1 Å². The van der Waals surface area contributed by atoms with Gasteiger partial charge in [-0.05, 0) is 25.5 Å². The predicted octanol–water partition coefficient (Wildman–Crippen LogP) is 1.33. The van der Waals surface area contributed by atoms with Crippen LogP contribution in [0.15, 0.2) is 24.3 Å². The molecule has 0 saturated heterocycles. The third-order valence-electron chi connectivity index (χ3n) is 3.04. The van der Waals surface area contributed by atoms with Crippen LogP contribution in [0.25, 0.3) is 11.0 Å². The van der Waals surface area contributed by atoms with E-state index in [0.717, 1.165) is 16.9 Å². The standard InChI is InChI=1S/C14H17N3O3/c1-10-16-11-5-2-3-6-12(11)17(10)9-13(18)15-8-4-7-14(19)20/h2-3,5-6H,4,7-9H2,1H3,(H,15,18)(H,19,20). The summed E-state index contributed by atoms with van der Waals surface area (Å²) in [6.45, 7) is 2.42. The van der Waals surface area contributed by atoms with Gasteiger partial charge in [0.1, 0.15) is 12.4 Å². The molecule has 0 unspecified atom stereocenters. The molecule has 2 rings (SSSR count). The normalized spacial score (nSPS) is 10.7. The number of carboxylic acid groups (broad SMARTS) is 1. The second kappa shape index (κ2) is 6.18. The number of para-hydroxylation sites is 2. The van der Waals surface area contributed by atoms with Gasteiger partial charge in [0.05, 0.1) is 11.0 Å². The number of rotatable bonds is 6. The topological polar surface area (TPSA) is 84.2 Å². The highest BCUT2D eigenvalue weighted by atomic mass is 16.4. The number of imidazole rings is 1. The Labute approximate surface area is 116 Å². The zero-order valence-electron chi connectivity index (χ0n) is 11.3. The van der Waals surface area contributed by atoms with Crippen LogP contribution < -0.4 is 5.32 Å². The van der Waals surface area contributed by atoms with Gasteiger partial charge >= 0.3 is 5.97 Å². The Morgan fingerprint density at radius 1 is 1.35 bits per heavy atom. The van der Waals surface area contributed by atoms with Crippen molar-refractivity contribution in [2.75, 3.05) is 6.54 Å². The summed E-state index contributed by atoms with van der Waals surface area (Å²) in [6, 6.07) is 7.65. The quantitative estimate of drug-likeness (QED) is 0.779. The highest BCUT2D eigenvalue weighted by Gasteiger charge is 2.10. The van der Waals surface area contributed by atoms with Crippen LogP contribution in [0.3, 0.4) is 0 Å². The van der Waals surface area contributed by atoms with E-state index in [2.05, 4.69) is 10.3 Å². The predicted molar refractivity (Wildman–Crippen MR) is 74.3 cm³/mol. The molecule has 0 spiro atoms. The molecule has 0 aliphatic carbocycles. The van der Waals surface area contributed by atoms with Gasteiger partial charge in [0, 0.05) is 13.0 Å². The summed E-state index contributed by atoms with van der Waals surface area (Å²) in [5, 5.41) is 11.2. The maximum absolute atomic E-state index is 11.8. The molecule has 2 N–H and O–H groups in total. The Kier molecular flexibility index (Phi) is 4.34. The number of amides is 1. The van der Waals surface area contributed by atoms with Crippen molar-refractivity contribution >= 4 is 22.9 Å². The number of aromatic nitrogens is 2. The Balaban J connectivity index is 1.96. The number of carbonyl (C=O) groups is 2. The SMILES string of the molecule is Cc1nc2ccccc2n1CC(=O)NCCCC(=O)O. The Hall–Kier alpha value is -2.37. The number of carbonyl (C=O) groups excluding carboxylic acids is 1. The van der Waals surface area contributed by atoms with Gasteiger partial charge in [-0.2, -0.15) is 0 Å². The summed E-state index contributed by atoms with van der Waals surface area (Å²) in [6.07, 6.45) is 0.498. The fourth-order valence-electron chi connectivity index (χ4n) is 2.06. The molecule has 0 atom stereocenters. The van der Waals surface area contributed by atoms with Crippen molar-refractivity contribution in [1.82, 2.24) is 14.9 Å². The molecule has 2 aromatic rings. The van der Waals surface area contributed by atoms with Crippen LogP contribution in [-0.2, 0) is 16.1 Å². The minimum absolute atomic E-state index is 0.0628. The zero-order chi connectivity index (χ0) is 14.5. The van der Waals surface area contributed by atoms with Crippen molar-refractivity contribution in [3.8, 4) is 0 Å². The van der Waals surface area contributed by atoms with Crippen molar-refractivity contribution in [3.63, 3.8) is 0 Å². The first-order valence-electron chi connectivity index (χ1n) is 6.48. The molecular weight excluding hydrogens is 258 g/mol. The van der Waals surface area contributed by atoms with Crippen LogP contribution in [0.1, 0.15) is 18.7 Å². The molecule has 20 heavy (non-hydrogen) atoms. The number of aliphatic carboxylic acids is 1. The van der Waals surface area contributed by atoms with Crippen LogP contribution in [0.4, 0.5) is 0 Å². The molecule has 6 nitrogen and oxygen atoms in total. The van der Waals surface area contributed by atoms with E-state index >= 15 is 0 Å². The molecule has 1 amide bonds. The first-order chi connectivity index (χ1) is 9.58. The third kappa shape index (κ3) is 3.34. The summed E-state index contributed by atoms with van der Waals surface area (Å²) in [4.78, 5) is 26.6. The molecule has 1 aromatic heterocycles. The van der Waals surface area contributed by atoms with Crippen molar-refractivity contribution in [2.24, 2.45) is 0 Å². The van der Waals surface area contributed by atoms with E-state index < -0.39 is 5.97 Å². The number of nitrogens with one attached hydrogen (secondary N) is 1. The Bertz CT molecular complexity index is 634. The van der Waals surface area contributed by atoms with E-state index in [1.54, 1.807) is 0 Å². The molecule has 0 saturated carbocycles. The lowest BCUT2D eigenvalue weighted by atomic mass is 10.3. The molecule has 6 heteroatoms. The van der Waals surface area contributed by atoms with Crippen molar-refractivity contribution in [3.05, 3.63) is 30.1 Å². The maximum Gasteiger partial charge on any atom is 0.303 e. The van der Waals surface area contributed by atoms with Crippen LogP contribution >= 0.6 is 0 Å². The molecule has 0 bridgehead atoms. The lowest BCUT2D eigenvalue weighted by molar-refractivity contribution is -0.137. The maximum atomic E-state index is 11.8. The molecule has 0 aliphatic heterocycles. The number of hydrogen-bond acceptors (Lipinski definition) is 3. The summed E-state index contributed by atoms with van der Waals surface area (Å²) in [7, 11) is 0. The van der Waals surface area contributed by atoms with Gasteiger partial charge in [-0.3, -0.25) is 9.59 Å². The van der Waals surface area contributed by atoms with Gasteiger partial charge in [0.2, 0.25) is 5.91 Å². The molecule has 0 fully saturated rings. The second-order valence-corrected chi connectivity index (χ2v) is 4.58. The van der Waals surface area contributed by atoms with E-state index in [9.17, 15) is 9.59 Å². The first-order valence-corrected chi connectivity index (χ1v) is 6.48. The van der Waals surface area contributed by atoms with E-state index in [-0.39, 0.29) is 18.9 Å². The fraction of sp³-hybridized carbons (Fsp3) is 0.357. The van der Waals surface area contributed by atoms with Gasteiger partial charge in [-0.15, -0.1) is 0 Å². The minimum Gasteiger partial charge on any atom is -0.481 e. The lowest BCUT2D eigenvalue weighted by Gasteiger charge is -2.07. The van der Waals surface area contributed by atoms with Crippen LogP contribution in [0.2, 0.25) is 0 Å². The zero-order valence-corrected chi connectivity index (χ0v) is 11.3. The van der Waals surface area contributed by atoms with E-state index in [1.165, 1.54) is 0 Å². The summed E-state index contributed by atoms with van der Waals surface area (Å²) >= 11 is 0. The largest absolute Gasteiger partial charge is 0.481 e. The monoisotopic (exact) mass is 275 g/mol. The minimum atomic E-state index is -0.851. The van der Waals surface area contributed by atoms with E-state index in [0.29, 0.717) is 13.0 Å². The Morgan fingerprint density at radius 3 is 2.85 bits per heavy atom. The molecule has 0 radical (unpaired) electrons. The van der Waals surface area contributed by atoms with Crippen LogP contribution in [0.5, 0.6) is 0 Å². The van der Waals surface area contributed by atoms with Gasteiger partial charge in [0.25, 0.3) is 0 Å². The van der Waals surface area contributed by atoms with Crippen molar-refractivity contribution < 1.29 is 14.7 Å².